The second kappa shape index (κ2) is 9.98. The molecule has 2 aromatic carbocycles. The third kappa shape index (κ3) is 7.04. The minimum absolute atomic E-state index is 0.139. The molecule has 0 saturated carbocycles. The van der Waals surface area contributed by atoms with E-state index in [4.69, 9.17) is 4.74 Å². The quantitative estimate of drug-likeness (QED) is 0.667. The van der Waals surface area contributed by atoms with Gasteiger partial charge in [-0.25, -0.2) is 4.79 Å². The molecule has 24 heavy (non-hydrogen) atoms. The van der Waals surface area contributed by atoms with Gasteiger partial charge in [-0.2, -0.15) is 0 Å². The summed E-state index contributed by atoms with van der Waals surface area (Å²) in [6, 6.07) is 15.9. The van der Waals surface area contributed by atoms with Crippen LogP contribution in [0, 0.1) is 6.92 Å². The Balaban J connectivity index is 1.52. The van der Waals surface area contributed by atoms with Crippen LogP contribution in [0.3, 0.4) is 0 Å². The molecule has 0 aliphatic carbocycles. The van der Waals surface area contributed by atoms with Crippen molar-refractivity contribution in [1.82, 2.24) is 10.6 Å². The van der Waals surface area contributed by atoms with Crippen molar-refractivity contribution in [2.75, 3.05) is 19.7 Å². The molecule has 0 spiro atoms. The zero-order chi connectivity index (χ0) is 17.2. The lowest BCUT2D eigenvalue weighted by Gasteiger charge is -2.09. The van der Waals surface area contributed by atoms with Gasteiger partial charge < -0.3 is 15.4 Å². The van der Waals surface area contributed by atoms with Crippen LogP contribution < -0.4 is 15.4 Å². The van der Waals surface area contributed by atoms with Crippen LogP contribution in [-0.4, -0.2) is 25.7 Å². The first-order valence-electron chi connectivity index (χ1n) is 8.09. The maximum atomic E-state index is 11.7. The largest absolute Gasteiger partial charge is 0.494 e. The van der Waals surface area contributed by atoms with Crippen LogP contribution in [0.5, 0.6) is 5.75 Å². The number of nitrogens with one attached hydrogen (secondary N) is 2. The van der Waals surface area contributed by atoms with Crippen molar-refractivity contribution in [2.24, 2.45) is 0 Å². The lowest BCUT2D eigenvalue weighted by molar-refractivity contribution is 0.239. The molecule has 0 aromatic heterocycles. The van der Waals surface area contributed by atoms with E-state index in [1.807, 2.05) is 49.4 Å². The SMILES string of the molecule is Cc1ccc(OCCCNC(=O)NCCc2cccc(Br)c2)cc1. The molecule has 128 valence electrons. The van der Waals surface area contributed by atoms with Crippen molar-refractivity contribution in [1.29, 1.82) is 0 Å². The molecule has 4 nitrogen and oxygen atoms in total. The summed E-state index contributed by atoms with van der Waals surface area (Å²) in [5.41, 5.74) is 2.40. The van der Waals surface area contributed by atoms with E-state index in [2.05, 4.69) is 32.6 Å². The van der Waals surface area contributed by atoms with E-state index in [-0.39, 0.29) is 6.03 Å². The Hall–Kier alpha value is -2.01. The monoisotopic (exact) mass is 390 g/mol. The van der Waals surface area contributed by atoms with Crippen LogP contribution in [0.4, 0.5) is 4.79 Å². The molecule has 2 N–H and O–H groups in total. The Bertz CT molecular complexity index is 644. The second-order valence-corrected chi connectivity index (χ2v) is 6.49. The fourth-order valence-corrected chi connectivity index (χ4v) is 2.62. The van der Waals surface area contributed by atoms with Crippen molar-refractivity contribution in [2.45, 2.75) is 19.8 Å². The Morgan fingerprint density at radius 2 is 1.83 bits per heavy atom. The molecule has 0 fully saturated rings. The number of aryl methyl sites for hydroxylation is 1. The molecule has 0 saturated heterocycles. The van der Waals surface area contributed by atoms with E-state index in [9.17, 15) is 4.79 Å². The van der Waals surface area contributed by atoms with E-state index in [0.717, 1.165) is 23.1 Å². The van der Waals surface area contributed by atoms with Gasteiger partial charge in [-0.05, 0) is 49.6 Å². The van der Waals surface area contributed by atoms with E-state index in [1.165, 1.54) is 11.1 Å². The maximum Gasteiger partial charge on any atom is 0.314 e. The third-order valence-corrected chi connectivity index (χ3v) is 3.98. The Morgan fingerprint density at radius 1 is 1.08 bits per heavy atom. The normalized spacial score (nSPS) is 10.2. The average Bonchev–Trinajstić information content (AvgIpc) is 2.56. The Labute approximate surface area is 151 Å². The molecule has 0 bridgehead atoms. The molecule has 0 aliphatic heterocycles. The number of hydrogen-bond donors (Lipinski definition) is 2. The van der Waals surface area contributed by atoms with Crippen LogP contribution in [-0.2, 0) is 6.42 Å². The molecule has 2 aromatic rings. The predicted octanol–water partition coefficient (Wildman–Crippen LogP) is 4.07. The third-order valence-electron chi connectivity index (χ3n) is 3.48. The van der Waals surface area contributed by atoms with Gasteiger partial charge in [0.25, 0.3) is 0 Å². The number of ether oxygens (including phenoxy) is 1. The summed E-state index contributed by atoms with van der Waals surface area (Å²) in [5.74, 6) is 0.860. The molecule has 2 rings (SSSR count). The zero-order valence-corrected chi connectivity index (χ0v) is 15.4. The highest BCUT2D eigenvalue weighted by Crippen LogP contribution is 2.12. The summed E-state index contributed by atoms with van der Waals surface area (Å²) in [5, 5.41) is 5.70. The second-order valence-electron chi connectivity index (χ2n) is 5.58. The van der Waals surface area contributed by atoms with E-state index < -0.39 is 0 Å². The van der Waals surface area contributed by atoms with Gasteiger partial charge >= 0.3 is 6.03 Å². The molecular formula is C19H23BrN2O2. The molecule has 0 aliphatic rings. The predicted molar refractivity (Wildman–Crippen MR) is 101 cm³/mol. The van der Waals surface area contributed by atoms with Gasteiger partial charge in [0.05, 0.1) is 6.61 Å². The summed E-state index contributed by atoms with van der Waals surface area (Å²) in [6.45, 7) is 3.83. The molecule has 0 heterocycles. The molecular weight excluding hydrogens is 368 g/mol. The Morgan fingerprint density at radius 3 is 2.58 bits per heavy atom. The minimum atomic E-state index is -0.139. The van der Waals surface area contributed by atoms with Gasteiger partial charge in [0.15, 0.2) is 0 Å². The minimum Gasteiger partial charge on any atom is -0.494 e. The van der Waals surface area contributed by atoms with Crippen molar-refractivity contribution in [3.8, 4) is 5.75 Å². The number of carbonyl (C=O) groups excluding carboxylic acids is 1. The van der Waals surface area contributed by atoms with Gasteiger partial charge in [0.1, 0.15) is 5.75 Å². The van der Waals surface area contributed by atoms with Crippen LogP contribution in [0.25, 0.3) is 0 Å². The highest BCUT2D eigenvalue weighted by atomic mass is 79.9. The molecule has 5 heteroatoms. The standard InChI is InChI=1S/C19H23BrN2O2/c1-15-6-8-18(9-7-15)24-13-3-11-21-19(23)22-12-10-16-4-2-5-17(20)14-16/h2,4-9,14H,3,10-13H2,1H3,(H2,21,22,23). The van der Waals surface area contributed by atoms with E-state index >= 15 is 0 Å². The zero-order valence-electron chi connectivity index (χ0n) is 13.8. The topological polar surface area (TPSA) is 50.4 Å². The fraction of sp³-hybridized carbons (Fsp3) is 0.316. The average molecular weight is 391 g/mol. The first kappa shape index (κ1) is 18.3. The number of amides is 2. The van der Waals surface area contributed by atoms with Crippen LogP contribution in [0.2, 0.25) is 0 Å². The highest BCUT2D eigenvalue weighted by molar-refractivity contribution is 9.10. The fourth-order valence-electron chi connectivity index (χ4n) is 2.17. The van der Waals surface area contributed by atoms with Gasteiger partial charge in [0.2, 0.25) is 0 Å². The smallest absolute Gasteiger partial charge is 0.314 e. The van der Waals surface area contributed by atoms with Gasteiger partial charge in [-0.15, -0.1) is 0 Å². The summed E-state index contributed by atoms with van der Waals surface area (Å²) >= 11 is 3.44. The van der Waals surface area contributed by atoms with Crippen molar-refractivity contribution in [3.63, 3.8) is 0 Å². The van der Waals surface area contributed by atoms with Crippen LogP contribution in [0.1, 0.15) is 17.5 Å². The lowest BCUT2D eigenvalue weighted by Crippen LogP contribution is -2.37. The van der Waals surface area contributed by atoms with E-state index in [0.29, 0.717) is 19.7 Å². The Kier molecular flexibility index (Phi) is 7.62. The van der Waals surface area contributed by atoms with Crippen LogP contribution in [0.15, 0.2) is 53.0 Å². The van der Waals surface area contributed by atoms with Gasteiger partial charge in [-0.3, -0.25) is 0 Å². The van der Waals surface area contributed by atoms with E-state index in [1.54, 1.807) is 0 Å². The number of rotatable bonds is 8. The van der Waals surface area contributed by atoms with Gasteiger partial charge in [-0.1, -0.05) is 45.8 Å². The lowest BCUT2D eigenvalue weighted by atomic mass is 10.1. The highest BCUT2D eigenvalue weighted by Gasteiger charge is 2.00. The number of halogens is 1. The molecule has 0 atom stereocenters. The first-order chi connectivity index (χ1) is 11.6. The summed E-state index contributed by atoms with van der Waals surface area (Å²) in [6.07, 6.45) is 1.58. The summed E-state index contributed by atoms with van der Waals surface area (Å²) in [7, 11) is 0. The maximum absolute atomic E-state index is 11.7. The van der Waals surface area contributed by atoms with Crippen molar-refractivity contribution >= 4 is 22.0 Å². The molecule has 2 amide bonds. The molecule has 0 unspecified atom stereocenters. The van der Waals surface area contributed by atoms with Crippen molar-refractivity contribution in [3.05, 3.63) is 64.1 Å². The number of benzene rings is 2. The summed E-state index contributed by atoms with van der Waals surface area (Å²) in [4.78, 5) is 11.7. The number of urea groups is 1. The summed E-state index contributed by atoms with van der Waals surface area (Å²) < 4.78 is 6.67. The van der Waals surface area contributed by atoms with Crippen LogP contribution >= 0.6 is 15.9 Å². The first-order valence-corrected chi connectivity index (χ1v) is 8.88. The van der Waals surface area contributed by atoms with Gasteiger partial charge in [0, 0.05) is 17.6 Å². The van der Waals surface area contributed by atoms with Crippen molar-refractivity contribution < 1.29 is 9.53 Å². The number of carbonyl (C=O) groups is 1. The number of hydrogen-bond acceptors (Lipinski definition) is 2. The molecule has 0 radical (unpaired) electrons.